The van der Waals surface area contributed by atoms with Crippen molar-refractivity contribution in [1.82, 2.24) is 9.97 Å². The van der Waals surface area contributed by atoms with Gasteiger partial charge in [-0.05, 0) is 38.5 Å². The number of hydrogen-bond donors (Lipinski definition) is 0. The van der Waals surface area contributed by atoms with Gasteiger partial charge in [0.2, 0.25) is 0 Å². The average Bonchev–Trinajstić information content (AvgIpc) is 2.58. The lowest BCUT2D eigenvalue weighted by molar-refractivity contribution is 0.608. The number of pyridine rings is 2. The lowest BCUT2D eigenvalue weighted by Gasteiger charge is -1.93. The summed E-state index contributed by atoms with van der Waals surface area (Å²) < 4.78 is 25.1. The second-order valence-corrected chi connectivity index (χ2v) is 3.98. The molecule has 0 unspecified atom stereocenters. The summed E-state index contributed by atoms with van der Waals surface area (Å²) in [5.74, 6) is -0.658. The Balaban J connectivity index is 0. The van der Waals surface area contributed by atoms with Gasteiger partial charge >= 0.3 is 0 Å². The number of halogens is 2. The molecule has 2 aromatic rings. The normalized spacial score (nSPS) is 8.17. The van der Waals surface area contributed by atoms with E-state index in [1.165, 1.54) is 18.3 Å². The van der Waals surface area contributed by atoms with E-state index in [1.54, 1.807) is 26.1 Å². The smallest absolute Gasteiger partial charge is 0.145 e. The highest BCUT2D eigenvalue weighted by atomic mass is 19.1. The zero-order valence-corrected chi connectivity index (χ0v) is 14.9. The van der Waals surface area contributed by atoms with Gasteiger partial charge in [-0.15, -0.1) is 0 Å². The molecule has 0 amide bonds. The number of nitriles is 1. The molecule has 2 heterocycles. The van der Waals surface area contributed by atoms with Crippen molar-refractivity contribution in [2.24, 2.45) is 0 Å². The van der Waals surface area contributed by atoms with Crippen molar-refractivity contribution in [3.63, 3.8) is 0 Å². The zero-order valence-electron chi connectivity index (χ0n) is 14.9. The first-order valence-electron chi connectivity index (χ1n) is 7.55. The fourth-order valence-electron chi connectivity index (χ4n) is 1.17. The molecule has 0 aliphatic heterocycles. The summed E-state index contributed by atoms with van der Waals surface area (Å²) in [6.45, 7) is 13.0. The van der Waals surface area contributed by atoms with Gasteiger partial charge in [-0.1, -0.05) is 27.7 Å². The SMILES string of the molecule is CC.CC.Cc1cnc(C)c(F)c1.Cc1ncc(C#N)cc1F. The third kappa shape index (κ3) is 9.30. The lowest BCUT2D eigenvalue weighted by atomic mass is 10.3. The molecule has 0 aliphatic carbocycles. The van der Waals surface area contributed by atoms with E-state index in [1.807, 2.05) is 34.6 Å². The van der Waals surface area contributed by atoms with E-state index in [-0.39, 0.29) is 11.4 Å². The molecule has 0 spiro atoms. The highest BCUT2D eigenvalue weighted by Crippen LogP contribution is 2.04. The Morgan fingerprint density at radius 2 is 1.26 bits per heavy atom. The monoisotopic (exact) mass is 321 g/mol. The predicted molar refractivity (Wildman–Crippen MR) is 90.0 cm³/mol. The summed E-state index contributed by atoms with van der Waals surface area (Å²) in [5.41, 5.74) is 1.89. The molecule has 5 heteroatoms. The van der Waals surface area contributed by atoms with Gasteiger partial charge in [-0.3, -0.25) is 9.97 Å². The molecule has 0 saturated carbocycles. The summed E-state index contributed by atoms with van der Waals surface area (Å²) in [5, 5.41) is 8.30. The first-order valence-corrected chi connectivity index (χ1v) is 7.55. The summed E-state index contributed by atoms with van der Waals surface area (Å²) in [6.07, 6.45) is 3.00. The molecule has 2 rings (SSSR count). The van der Waals surface area contributed by atoms with Crippen LogP contribution in [0.5, 0.6) is 0 Å². The Morgan fingerprint density at radius 1 is 0.826 bits per heavy atom. The van der Waals surface area contributed by atoms with Crippen LogP contribution in [-0.2, 0) is 0 Å². The summed E-state index contributed by atoms with van der Waals surface area (Å²) in [6, 6.07) is 4.44. The molecule has 2 aromatic heterocycles. The predicted octanol–water partition coefficient (Wildman–Crippen LogP) is 5.29. The van der Waals surface area contributed by atoms with E-state index in [9.17, 15) is 8.78 Å². The first kappa shape index (κ1) is 22.9. The Labute approximate surface area is 138 Å². The van der Waals surface area contributed by atoms with Gasteiger partial charge in [0.1, 0.15) is 17.7 Å². The van der Waals surface area contributed by atoms with Crippen molar-refractivity contribution in [2.75, 3.05) is 0 Å². The minimum Gasteiger partial charge on any atom is -0.258 e. The van der Waals surface area contributed by atoms with Gasteiger partial charge in [-0.25, -0.2) is 8.78 Å². The molecule has 0 N–H and O–H groups in total. The largest absolute Gasteiger partial charge is 0.258 e. The Morgan fingerprint density at radius 3 is 1.61 bits per heavy atom. The average molecular weight is 321 g/mol. The van der Waals surface area contributed by atoms with E-state index in [4.69, 9.17) is 5.26 Å². The molecule has 126 valence electrons. The minimum absolute atomic E-state index is 0.227. The van der Waals surface area contributed by atoms with E-state index < -0.39 is 5.82 Å². The van der Waals surface area contributed by atoms with Crippen molar-refractivity contribution in [3.8, 4) is 6.07 Å². The van der Waals surface area contributed by atoms with Crippen molar-refractivity contribution < 1.29 is 8.78 Å². The standard InChI is InChI=1S/C7H5FN2.C7H8FN.2C2H6/c1-5-7(8)2-6(3-9)4-10-5;1-5-3-7(8)6(2)9-4-5;2*1-2/h2,4H,1H3;3-4H,1-2H3;2*1-2H3. The van der Waals surface area contributed by atoms with Gasteiger partial charge in [-0.2, -0.15) is 5.26 Å². The number of nitrogens with zero attached hydrogens (tertiary/aromatic N) is 3. The molecule has 0 saturated heterocycles. The lowest BCUT2D eigenvalue weighted by Crippen LogP contribution is -1.88. The van der Waals surface area contributed by atoms with Crippen molar-refractivity contribution in [1.29, 1.82) is 5.26 Å². The van der Waals surface area contributed by atoms with Gasteiger partial charge < -0.3 is 0 Å². The molecule has 3 nitrogen and oxygen atoms in total. The van der Waals surface area contributed by atoms with Crippen LogP contribution in [0.4, 0.5) is 8.78 Å². The molecule has 0 aliphatic rings. The van der Waals surface area contributed by atoms with Crippen molar-refractivity contribution in [3.05, 3.63) is 58.7 Å². The van der Waals surface area contributed by atoms with Crippen LogP contribution in [0.25, 0.3) is 0 Å². The minimum atomic E-state index is -0.431. The quantitative estimate of drug-likeness (QED) is 0.662. The topological polar surface area (TPSA) is 49.6 Å². The van der Waals surface area contributed by atoms with Crippen LogP contribution in [0.2, 0.25) is 0 Å². The first-order chi connectivity index (χ1) is 10.9. The number of aryl methyl sites for hydroxylation is 3. The fourth-order valence-corrected chi connectivity index (χ4v) is 1.17. The highest BCUT2D eigenvalue weighted by molar-refractivity contribution is 5.26. The molecule has 0 atom stereocenters. The highest BCUT2D eigenvalue weighted by Gasteiger charge is 1.98. The fraction of sp³-hybridized carbons (Fsp3) is 0.389. The molecule has 0 bridgehead atoms. The maximum atomic E-state index is 12.6. The third-order valence-corrected chi connectivity index (χ3v) is 2.32. The van der Waals surface area contributed by atoms with E-state index in [0.717, 1.165) is 5.56 Å². The van der Waals surface area contributed by atoms with E-state index in [0.29, 0.717) is 11.4 Å². The third-order valence-electron chi connectivity index (χ3n) is 2.32. The van der Waals surface area contributed by atoms with Crippen LogP contribution in [0, 0.1) is 43.7 Å². The molecule has 0 fully saturated rings. The van der Waals surface area contributed by atoms with Gasteiger partial charge in [0.25, 0.3) is 0 Å². The van der Waals surface area contributed by atoms with Gasteiger partial charge in [0.15, 0.2) is 0 Å². The summed E-state index contributed by atoms with van der Waals surface area (Å²) in [7, 11) is 0. The summed E-state index contributed by atoms with van der Waals surface area (Å²) >= 11 is 0. The zero-order chi connectivity index (χ0) is 18.4. The second-order valence-electron chi connectivity index (χ2n) is 3.98. The van der Waals surface area contributed by atoms with Crippen molar-refractivity contribution >= 4 is 0 Å². The summed E-state index contributed by atoms with van der Waals surface area (Å²) in [4.78, 5) is 7.46. The molecule has 23 heavy (non-hydrogen) atoms. The van der Waals surface area contributed by atoms with E-state index in [2.05, 4.69) is 9.97 Å². The van der Waals surface area contributed by atoms with E-state index >= 15 is 0 Å². The number of aromatic nitrogens is 2. The molecular formula is C18H25F2N3. The second kappa shape index (κ2) is 13.3. The van der Waals surface area contributed by atoms with Crippen LogP contribution in [0.1, 0.15) is 50.2 Å². The van der Waals surface area contributed by atoms with Crippen LogP contribution < -0.4 is 0 Å². The number of hydrogen-bond acceptors (Lipinski definition) is 3. The van der Waals surface area contributed by atoms with Gasteiger partial charge in [0.05, 0.1) is 17.0 Å². The van der Waals surface area contributed by atoms with Gasteiger partial charge in [0, 0.05) is 12.4 Å². The molecule has 0 radical (unpaired) electrons. The Bertz CT molecular complexity index is 620. The van der Waals surface area contributed by atoms with Crippen molar-refractivity contribution in [2.45, 2.75) is 48.5 Å². The molecular weight excluding hydrogens is 296 g/mol. The maximum Gasteiger partial charge on any atom is 0.145 e. The number of rotatable bonds is 0. The van der Waals surface area contributed by atoms with Crippen LogP contribution in [0.3, 0.4) is 0 Å². The maximum absolute atomic E-state index is 12.6. The Hall–Kier alpha value is -2.35. The van der Waals surface area contributed by atoms with Crippen LogP contribution in [0.15, 0.2) is 24.5 Å². The van der Waals surface area contributed by atoms with Crippen LogP contribution >= 0.6 is 0 Å². The molecule has 0 aromatic carbocycles. The Kier molecular flexibility index (Phi) is 13.3. The van der Waals surface area contributed by atoms with Crippen LogP contribution in [-0.4, -0.2) is 9.97 Å².